The molecular weight excluding hydrogens is 194 g/mol. The Morgan fingerprint density at radius 1 is 1.50 bits per heavy atom. The van der Waals surface area contributed by atoms with Gasteiger partial charge in [-0.15, -0.1) is 0 Å². The zero-order chi connectivity index (χ0) is 7.72. The first-order chi connectivity index (χ1) is 4.63. The molecule has 0 bridgehead atoms. The number of aryl methyl sites for hydroxylation is 1. The average Bonchev–Trinajstić information content (AvgIpc) is 1.93. The molecule has 0 amide bonds. The van der Waals surface area contributed by atoms with E-state index in [1.807, 2.05) is 6.92 Å². The van der Waals surface area contributed by atoms with Crippen molar-refractivity contribution in [3.8, 4) is 0 Å². The van der Waals surface area contributed by atoms with Crippen LogP contribution in [0.3, 0.4) is 0 Å². The van der Waals surface area contributed by atoms with Crippen LogP contribution in [0.2, 0.25) is 0 Å². The van der Waals surface area contributed by atoms with Crippen LogP contribution in [0.1, 0.15) is 5.56 Å². The van der Waals surface area contributed by atoms with Gasteiger partial charge < -0.3 is 4.57 Å². The predicted octanol–water partition coefficient (Wildman–Crippen LogP) is 1.46. The third-order valence-corrected chi connectivity index (χ3v) is 2.58. The van der Waals surface area contributed by atoms with E-state index in [4.69, 9.17) is 0 Å². The van der Waals surface area contributed by atoms with Gasteiger partial charge in [0.2, 0.25) is 0 Å². The minimum atomic E-state index is 0.0116. The van der Waals surface area contributed by atoms with E-state index in [-0.39, 0.29) is 5.56 Å². The molecular formula is C7H8BrNO. The summed E-state index contributed by atoms with van der Waals surface area (Å²) in [5.41, 5.74) is 1.08. The van der Waals surface area contributed by atoms with Gasteiger partial charge in [-0.05, 0) is 28.4 Å². The molecule has 1 rings (SSSR count). The molecule has 10 heavy (non-hydrogen) atoms. The molecule has 2 nitrogen and oxygen atoms in total. The lowest BCUT2D eigenvalue weighted by atomic mass is 10.3. The second-order valence-electron chi connectivity index (χ2n) is 2.20. The van der Waals surface area contributed by atoms with Gasteiger partial charge in [0.25, 0.3) is 5.56 Å². The molecule has 0 aliphatic carbocycles. The van der Waals surface area contributed by atoms with Gasteiger partial charge in [0.15, 0.2) is 0 Å². The highest BCUT2D eigenvalue weighted by atomic mass is 79.9. The highest BCUT2D eigenvalue weighted by molar-refractivity contribution is 9.10. The fourth-order valence-electron chi connectivity index (χ4n) is 0.738. The standard InChI is InChI=1S/C7H8BrNO/c1-5-3-4-6(10)9(2)7(5)8/h3-4H,1-2H3. The van der Waals surface area contributed by atoms with E-state index in [1.54, 1.807) is 23.7 Å². The molecule has 1 aromatic rings. The van der Waals surface area contributed by atoms with Crippen LogP contribution in [0.5, 0.6) is 0 Å². The third-order valence-electron chi connectivity index (χ3n) is 1.43. The lowest BCUT2D eigenvalue weighted by Gasteiger charge is -2.02. The Labute approximate surface area is 67.6 Å². The highest BCUT2D eigenvalue weighted by Gasteiger charge is 1.97. The van der Waals surface area contributed by atoms with Gasteiger partial charge in [-0.2, -0.15) is 0 Å². The summed E-state index contributed by atoms with van der Waals surface area (Å²) in [5.74, 6) is 0. The maximum absolute atomic E-state index is 10.9. The van der Waals surface area contributed by atoms with E-state index < -0.39 is 0 Å². The largest absolute Gasteiger partial charge is 0.306 e. The summed E-state index contributed by atoms with van der Waals surface area (Å²) in [6, 6.07) is 3.35. The van der Waals surface area contributed by atoms with Crippen LogP contribution in [0.15, 0.2) is 21.5 Å². The predicted molar refractivity (Wildman–Crippen MR) is 44.1 cm³/mol. The summed E-state index contributed by atoms with van der Waals surface area (Å²) in [6.07, 6.45) is 0. The Hall–Kier alpha value is -0.570. The van der Waals surface area contributed by atoms with Gasteiger partial charge in [0.05, 0.1) is 4.60 Å². The zero-order valence-corrected chi connectivity index (χ0v) is 7.47. The Morgan fingerprint density at radius 2 is 2.10 bits per heavy atom. The van der Waals surface area contributed by atoms with Crippen molar-refractivity contribution in [3.63, 3.8) is 0 Å². The molecule has 0 unspecified atom stereocenters. The van der Waals surface area contributed by atoms with Crippen molar-refractivity contribution in [2.75, 3.05) is 0 Å². The monoisotopic (exact) mass is 201 g/mol. The molecule has 1 heterocycles. The van der Waals surface area contributed by atoms with Crippen molar-refractivity contribution in [2.24, 2.45) is 7.05 Å². The van der Waals surface area contributed by atoms with Gasteiger partial charge in [-0.25, -0.2) is 0 Å². The molecule has 1 aromatic heterocycles. The molecule has 0 aromatic carbocycles. The zero-order valence-electron chi connectivity index (χ0n) is 5.89. The molecule has 3 heteroatoms. The van der Waals surface area contributed by atoms with E-state index in [0.717, 1.165) is 10.2 Å². The summed E-state index contributed by atoms with van der Waals surface area (Å²) < 4.78 is 2.41. The quantitative estimate of drug-likeness (QED) is 0.583. The Balaban J connectivity index is 3.49. The van der Waals surface area contributed by atoms with Crippen molar-refractivity contribution in [1.29, 1.82) is 0 Å². The van der Waals surface area contributed by atoms with E-state index in [0.29, 0.717) is 0 Å². The summed E-state index contributed by atoms with van der Waals surface area (Å²) >= 11 is 3.29. The first kappa shape index (κ1) is 7.54. The van der Waals surface area contributed by atoms with Gasteiger partial charge >= 0.3 is 0 Å². The van der Waals surface area contributed by atoms with E-state index in [1.165, 1.54) is 0 Å². The number of rotatable bonds is 0. The van der Waals surface area contributed by atoms with Crippen molar-refractivity contribution in [2.45, 2.75) is 6.92 Å². The number of aromatic nitrogens is 1. The molecule has 0 aliphatic rings. The second-order valence-corrected chi connectivity index (χ2v) is 2.96. The van der Waals surface area contributed by atoms with Gasteiger partial charge in [-0.3, -0.25) is 4.79 Å². The molecule has 0 saturated carbocycles. The Kier molecular flexibility index (Phi) is 1.94. The molecule has 0 radical (unpaired) electrons. The molecule has 0 fully saturated rings. The van der Waals surface area contributed by atoms with Gasteiger partial charge in [0.1, 0.15) is 0 Å². The van der Waals surface area contributed by atoms with Crippen LogP contribution in [-0.2, 0) is 7.05 Å². The fraction of sp³-hybridized carbons (Fsp3) is 0.286. The number of hydrogen-bond acceptors (Lipinski definition) is 1. The topological polar surface area (TPSA) is 22.0 Å². The maximum atomic E-state index is 10.9. The smallest absolute Gasteiger partial charge is 0.251 e. The van der Waals surface area contributed by atoms with Crippen LogP contribution in [0.25, 0.3) is 0 Å². The lowest BCUT2D eigenvalue weighted by Crippen LogP contribution is -2.16. The molecule has 0 spiro atoms. The van der Waals surface area contributed by atoms with Crippen molar-refractivity contribution < 1.29 is 0 Å². The van der Waals surface area contributed by atoms with Crippen molar-refractivity contribution in [3.05, 3.63) is 32.7 Å². The molecule has 0 atom stereocenters. The summed E-state index contributed by atoms with van der Waals surface area (Å²) in [5, 5.41) is 0. The minimum absolute atomic E-state index is 0.0116. The van der Waals surface area contributed by atoms with Crippen LogP contribution in [0.4, 0.5) is 0 Å². The molecule has 0 saturated heterocycles. The number of halogens is 1. The summed E-state index contributed by atoms with van der Waals surface area (Å²) in [6.45, 7) is 1.95. The van der Waals surface area contributed by atoms with Gasteiger partial charge in [0, 0.05) is 13.1 Å². The molecule has 0 N–H and O–H groups in total. The SMILES string of the molecule is Cc1ccc(=O)n(C)c1Br. The van der Waals surface area contributed by atoms with Crippen LogP contribution in [0, 0.1) is 6.92 Å². The van der Waals surface area contributed by atoms with Crippen molar-refractivity contribution >= 4 is 15.9 Å². The van der Waals surface area contributed by atoms with Crippen LogP contribution >= 0.6 is 15.9 Å². The third kappa shape index (κ3) is 1.14. The van der Waals surface area contributed by atoms with Crippen molar-refractivity contribution in [1.82, 2.24) is 4.57 Å². The summed E-state index contributed by atoms with van der Waals surface area (Å²) in [4.78, 5) is 10.9. The number of nitrogens with zero attached hydrogens (tertiary/aromatic N) is 1. The normalized spacial score (nSPS) is 9.90. The Morgan fingerprint density at radius 3 is 2.60 bits per heavy atom. The van der Waals surface area contributed by atoms with E-state index in [2.05, 4.69) is 15.9 Å². The maximum Gasteiger partial charge on any atom is 0.251 e. The lowest BCUT2D eigenvalue weighted by molar-refractivity contribution is 0.825. The molecule has 54 valence electrons. The van der Waals surface area contributed by atoms with E-state index >= 15 is 0 Å². The number of hydrogen-bond donors (Lipinski definition) is 0. The van der Waals surface area contributed by atoms with Gasteiger partial charge in [-0.1, -0.05) is 6.07 Å². The fourth-order valence-corrected chi connectivity index (χ4v) is 1.05. The highest BCUT2D eigenvalue weighted by Crippen LogP contribution is 2.10. The minimum Gasteiger partial charge on any atom is -0.306 e. The average molecular weight is 202 g/mol. The second kappa shape index (κ2) is 2.58. The van der Waals surface area contributed by atoms with Crippen LogP contribution in [-0.4, -0.2) is 4.57 Å². The first-order valence-corrected chi connectivity index (χ1v) is 3.74. The summed E-state index contributed by atoms with van der Waals surface area (Å²) in [7, 11) is 1.74. The number of pyridine rings is 1. The van der Waals surface area contributed by atoms with Crippen LogP contribution < -0.4 is 5.56 Å². The van der Waals surface area contributed by atoms with E-state index in [9.17, 15) is 4.79 Å². The Bertz CT molecular complexity index is 303. The first-order valence-electron chi connectivity index (χ1n) is 2.95. The molecule has 0 aliphatic heterocycles.